The van der Waals surface area contributed by atoms with Crippen molar-refractivity contribution in [1.29, 1.82) is 0 Å². The molecule has 2 aromatic heterocycles. The summed E-state index contributed by atoms with van der Waals surface area (Å²) < 4.78 is 1.29. The van der Waals surface area contributed by atoms with Crippen molar-refractivity contribution in [2.24, 2.45) is 0 Å². The van der Waals surface area contributed by atoms with E-state index in [-0.39, 0.29) is 24.4 Å². The molecule has 0 radical (unpaired) electrons. The number of hydrogen-bond acceptors (Lipinski definition) is 5. The van der Waals surface area contributed by atoms with Gasteiger partial charge in [-0.15, -0.1) is 11.3 Å². The topological polar surface area (TPSA) is 101 Å². The van der Waals surface area contributed by atoms with Crippen molar-refractivity contribution in [3.63, 3.8) is 0 Å². The molecular weight excluding hydrogens is 306 g/mol. The van der Waals surface area contributed by atoms with Crippen LogP contribution in [-0.2, 0) is 16.1 Å². The molecule has 2 rings (SSSR count). The fraction of sp³-hybridized carbons (Fsp3) is 0.429. The highest BCUT2D eigenvalue weighted by Crippen LogP contribution is 2.13. The summed E-state index contributed by atoms with van der Waals surface area (Å²) in [7, 11) is 0. The Morgan fingerprint density at radius 3 is 2.91 bits per heavy atom. The number of unbranched alkanes of at least 4 members (excludes halogenated alkanes) is 2. The summed E-state index contributed by atoms with van der Waals surface area (Å²) in [6.45, 7) is 0.411. The first-order chi connectivity index (χ1) is 10.6. The predicted molar refractivity (Wildman–Crippen MR) is 83.0 cm³/mol. The lowest BCUT2D eigenvalue weighted by molar-refractivity contribution is -0.137. The highest BCUT2D eigenvalue weighted by atomic mass is 32.1. The van der Waals surface area contributed by atoms with E-state index in [0.717, 1.165) is 12.8 Å². The van der Waals surface area contributed by atoms with Crippen molar-refractivity contribution in [1.82, 2.24) is 14.9 Å². The maximum Gasteiger partial charge on any atom is 0.303 e. The molecule has 0 aliphatic carbocycles. The minimum absolute atomic E-state index is 0.0628. The number of amides is 1. The number of rotatable bonds is 8. The van der Waals surface area contributed by atoms with Gasteiger partial charge in [-0.25, -0.2) is 4.98 Å². The van der Waals surface area contributed by atoms with E-state index in [1.807, 2.05) is 0 Å². The lowest BCUT2D eigenvalue weighted by Crippen LogP contribution is -2.32. The number of carbonyl (C=O) groups excluding carboxylic acids is 1. The first-order valence-corrected chi connectivity index (χ1v) is 7.87. The number of carboxylic acid groups (broad SMARTS) is 1. The number of hydrogen-bond donors (Lipinski definition) is 2. The Morgan fingerprint density at radius 2 is 2.14 bits per heavy atom. The third-order valence-electron chi connectivity index (χ3n) is 3.15. The molecule has 118 valence electrons. The van der Waals surface area contributed by atoms with Gasteiger partial charge in [0.05, 0.1) is 11.7 Å². The van der Waals surface area contributed by atoms with E-state index in [1.165, 1.54) is 22.2 Å². The first-order valence-electron chi connectivity index (χ1n) is 6.99. The Kier molecular flexibility index (Phi) is 5.65. The number of thiophene rings is 1. The van der Waals surface area contributed by atoms with Gasteiger partial charge in [0.2, 0.25) is 5.91 Å². The van der Waals surface area contributed by atoms with Crippen molar-refractivity contribution in [3.8, 4) is 0 Å². The second-order valence-electron chi connectivity index (χ2n) is 4.87. The fourth-order valence-corrected chi connectivity index (χ4v) is 2.75. The number of nitrogens with zero attached hydrogens (tertiary/aromatic N) is 2. The molecule has 22 heavy (non-hydrogen) atoms. The van der Waals surface area contributed by atoms with Crippen LogP contribution in [0.15, 0.2) is 22.6 Å². The quantitative estimate of drug-likeness (QED) is 0.711. The zero-order valence-electron chi connectivity index (χ0n) is 11.9. The Hall–Kier alpha value is -2.22. The van der Waals surface area contributed by atoms with Crippen molar-refractivity contribution in [3.05, 3.63) is 28.1 Å². The molecule has 0 saturated carbocycles. The van der Waals surface area contributed by atoms with Crippen LogP contribution in [0.2, 0.25) is 0 Å². The standard InChI is InChI=1S/C14H17N3O4S/c18-11(15-6-3-1-2-4-12(19)20)8-17-9-16-13-10(14(17)21)5-7-22-13/h5,7,9H,1-4,6,8H2,(H,15,18)(H,19,20). The third-order valence-corrected chi connectivity index (χ3v) is 3.97. The molecule has 7 nitrogen and oxygen atoms in total. The molecule has 0 fully saturated rings. The molecule has 0 atom stereocenters. The monoisotopic (exact) mass is 323 g/mol. The summed E-state index contributed by atoms with van der Waals surface area (Å²) in [5.74, 6) is -1.06. The van der Waals surface area contributed by atoms with Gasteiger partial charge < -0.3 is 10.4 Å². The molecule has 2 heterocycles. The molecule has 0 aromatic carbocycles. The van der Waals surface area contributed by atoms with Crippen LogP contribution in [0.4, 0.5) is 0 Å². The van der Waals surface area contributed by atoms with Gasteiger partial charge in [-0.3, -0.25) is 19.0 Å². The van der Waals surface area contributed by atoms with E-state index < -0.39 is 5.97 Å². The average molecular weight is 323 g/mol. The van der Waals surface area contributed by atoms with Crippen LogP contribution in [0.25, 0.3) is 10.2 Å². The molecule has 8 heteroatoms. The van der Waals surface area contributed by atoms with Crippen LogP contribution in [0.5, 0.6) is 0 Å². The normalized spacial score (nSPS) is 10.7. The van der Waals surface area contributed by atoms with Gasteiger partial charge in [-0.1, -0.05) is 6.42 Å². The molecule has 0 unspecified atom stereocenters. The zero-order valence-corrected chi connectivity index (χ0v) is 12.8. The van der Waals surface area contributed by atoms with E-state index in [9.17, 15) is 14.4 Å². The first kappa shape index (κ1) is 16.2. The summed E-state index contributed by atoms with van der Waals surface area (Å²) in [6.07, 6.45) is 3.59. The summed E-state index contributed by atoms with van der Waals surface area (Å²) in [4.78, 5) is 39.0. The number of aromatic nitrogens is 2. The van der Waals surface area contributed by atoms with Crippen LogP contribution < -0.4 is 10.9 Å². The second kappa shape index (κ2) is 7.69. The minimum Gasteiger partial charge on any atom is -0.481 e. The van der Waals surface area contributed by atoms with Gasteiger partial charge in [0, 0.05) is 13.0 Å². The third kappa shape index (κ3) is 4.39. The lowest BCUT2D eigenvalue weighted by atomic mass is 10.2. The summed E-state index contributed by atoms with van der Waals surface area (Å²) in [5.41, 5.74) is -0.220. The van der Waals surface area contributed by atoms with Gasteiger partial charge in [-0.2, -0.15) is 0 Å². The molecular formula is C14H17N3O4S. The summed E-state index contributed by atoms with van der Waals surface area (Å²) in [5, 5.41) is 13.5. The fourth-order valence-electron chi connectivity index (χ4n) is 2.02. The Morgan fingerprint density at radius 1 is 1.32 bits per heavy atom. The molecule has 0 aliphatic rings. The summed E-state index contributed by atoms with van der Waals surface area (Å²) >= 11 is 1.39. The largest absolute Gasteiger partial charge is 0.481 e. The molecule has 0 saturated heterocycles. The number of aliphatic carboxylic acids is 1. The van der Waals surface area contributed by atoms with Crippen LogP contribution in [-0.4, -0.2) is 33.1 Å². The van der Waals surface area contributed by atoms with Crippen LogP contribution in [0.1, 0.15) is 25.7 Å². The van der Waals surface area contributed by atoms with Gasteiger partial charge in [-0.05, 0) is 24.3 Å². The van der Waals surface area contributed by atoms with E-state index in [4.69, 9.17) is 5.11 Å². The van der Waals surface area contributed by atoms with Crippen LogP contribution in [0.3, 0.4) is 0 Å². The number of nitrogens with one attached hydrogen (secondary N) is 1. The maximum absolute atomic E-state index is 12.1. The van der Waals surface area contributed by atoms with Crippen LogP contribution in [0, 0.1) is 0 Å². The molecule has 1 amide bonds. The summed E-state index contributed by atoms with van der Waals surface area (Å²) in [6, 6.07) is 1.70. The highest BCUT2D eigenvalue weighted by molar-refractivity contribution is 7.16. The second-order valence-corrected chi connectivity index (χ2v) is 5.77. The van der Waals surface area contributed by atoms with E-state index in [2.05, 4.69) is 10.3 Å². The van der Waals surface area contributed by atoms with Crippen LogP contribution >= 0.6 is 11.3 Å². The molecule has 2 N–H and O–H groups in total. The van der Waals surface area contributed by atoms with Gasteiger partial charge in [0.25, 0.3) is 5.56 Å². The number of carboxylic acids is 1. The number of fused-ring (bicyclic) bond motifs is 1. The Bertz CT molecular complexity index is 722. The van der Waals surface area contributed by atoms with E-state index in [1.54, 1.807) is 11.4 Å². The lowest BCUT2D eigenvalue weighted by Gasteiger charge is -2.07. The number of carbonyl (C=O) groups is 2. The minimum atomic E-state index is -0.806. The highest BCUT2D eigenvalue weighted by Gasteiger charge is 2.08. The van der Waals surface area contributed by atoms with Crippen molar-refractivity contribution in [2.45, 2.75) is 32.2 Å². The molecule has 0 bridgehead atoms. The van der Waals surface area contributed by atoms with Crippen molar-refractivity contribution >= 4 is 33.4 Å². The average Bonchev–Trinajstić information content (AvgIpc) is 2.94. The SMILES string of the molecule is O=C(O)CCCCCNC(=O)Cn1cnc2sccc2c1=O. The van der Waals surface area contributed by atoms with E-state index in [0.29, 0.717) is 23.2 Å². The van der Waals surface area contributed by atoms with Gasteiger partial charge in [0.1, 0.15) is 11.4 Å². The van der Waals surface area contributed by atoms with Crippen molar-refractivity contribution in [2.75, 3.05) is 6.54 Å². The van der Waals surface area contributed by atoms with E-state index >= 15 is 0 Å². The molecule has 2 aromatic rings. The Labute approximate surface area is 130 Å². The van der Waals surface area contributed by atoms with Gasteiger partial charge >= 0.3 is 5.97 Å². The zero-order chi connectivity index (χ0) is 15.9. The molecule has 0 aliphatic heterocycles. The van der Waals surface area contributed by atoms with Crippen molar-refractivity contribution < 1.29 is 14.7 Å². The smallest absolute Gasteiger partial charge is 0.303 e. The predicted octanol–water partition coefficient (Wildman–Crippen LogP) is 1.22. The molecule has 0 spiro atoms. The Balaban J connectivity index is 1.78. The maximum atomic E-state index is 12.1. The van der Waals surface area contributed by atoms with Gasteiger partial charge in [0.15, 0.2) is 0 Å².